The van der Waals surface area contributed by atoms with Crippen LogP contribution in [-0.2, 0) is 26.2 Å². The summed E-state index contributed by atoms with van der Waals surface area (Å²) in [7, 11) is 0. The Bertz CT molecular complexity index is 363. The maximum absolute atomic E-state index is 4.64. The molecule has 0 fully saturated rings. The molecule has 2 atom stereocenters. The van der Waals surface area contributed by atoms with Gasteiger partial charge in [-0.15, -0.1) is 40.9 Å². The van der Waals surface area contributed by atoms with Crippen molar-refractivity contribution in [3.8, 4) is 0 Å². The monoisotopic (exact) mass is 359 g/mol. The van der Waals surface area contributed by atoms with Gasteiger partial charge in [0.15, 0.2) is 0 Å². The van der Waals surface area contributed by atoms with E-state index in [9.17, 15) is 0 Å². The van der Waals surface area contributed by atoms with Gasteiger partial charge in [0.25, 0.3) is 0 Å². The van der Waals surface area contributed by atoms with E-state index in [0.29, 0.717) is 5.92 Å². The summed E-state index contributed by atoms with van der Waals surface area (Å²) in [4.78, 5) is 0. The summed E-state index contributed by atoms with van der Waals surface area (Å²) in [5.41, 5.74) is 2.99. The van der Waals surface area contributed by atoms with E-state index in [4.69, 9.17) is 0 Å². The molecule has 0 N–H and O–H groups in total. The van der Waals surface area contributed by atoms with Gasteiger partial charge in [-0.2, -0.15) is 18.1 Å². The van der Waals surface area contributed by atoms with E-state index in [1.165, 1.54) is 36.7 Å². The van der Waals surface area contributed by atoms with Crippen LogP contribution in [0.15, 0.2) is 36.4 Å². The molecule has 2 aliphatic rings. The molecule has 1 aromatic rings. The third-order valence-electron chi connectivity index (χ3n) is 3.22. The van der Waals surface area contributed by atoms with Crippen LogP contribution in [0.3, 0.4) is 0 Å². The summed E-state index contributed by atoms with van der Waals surface area (Å²) in [5, 5.41) is 0. The average molecular weight is 361 g/mol. The Hall–Kier alpha value is 0.293. The van der Waals surface area contributed by atoms with Crippen LogP contribution >= 0.6 is 23.2 Å². The molecule has 18 heavy (non-hydrogen) atoms. The molecule has 3 rings (SSSR count). The molecular formula is C15H19Cl2Zr-. The van der Waals surface area contributed by atoms with Crippen LogP contribution in [0.5, 0.6) is 0 Å². The Labute approximate surface area is 140 Å². The van der Waals surface area contributed by atoms with E-state index in [1.807, 2.05) is 0 Å². The van der Waals surface area contributed by atoms with Gasteiger partial charge in [0.1, 0.15) is 0 Å². The second kappa shape index (κ2) is 10.1. The molecule has 3 heteroatoms. The second-order valence-electron chi connectivity index (χ2n) is 3.99. The normalized spacial score (nSPS) is 21.8. The van der Waals surface area contributed by atoms with Crippen LogP contribution in [0.2, 0.25) is 0 Å². The van der Waals surface area contributed by atoms with Crippen LogP contribution in [0.25, 0.3) is 0 Å². The molecule has 0 nitrogen and oxygen atoms in total. The predicted octanol–water partition coefficient (Wildman–Crippen LogP) is 5.01. The first-order chi connectivity index (χ1) is 8.45. The summed E-state index contributed by atoms with van der Waals surface area (Å²) in [6, 6.07) is 8.79. The van der Waals surface area contributed by atoms with Crippen molar-refractivity contribution in [2.24, 2.45) is 5.92 Å². The van der Waals surface area contributed by atoms with Gasteiger partial charge >= 0.3 is 0 Å². The Morgan fingerprint density at radius 2 is 1.78 bits per heavy atom. The largest absolute Gasteiger partial charge is 0.188 e. The Morgan fingerprint density at radius 3 is 2.50 bits per heavy atom. The maximum Gasteiger partial charge on any atom is 0.0108 e. The Balaban J connectivity index is 0.000000531. The topological polar surface area (TPSA) is 0 Å². The molecule has 0 saturated carbocycles. The number of rotatable bonds is 0. The fourth-order valence-corrected chi connectivity index (χ4v) is 2.57. The minimum absolute atomic E-state index is 0. The van der Waals surface area contributed by atoms with Gasteiger partial charge in [-0.1, -0.05) is 30.6 Å². The van der Waals surface area contributed by atoms with Gasteiger partial charge in [-0.25, -0.2) is 0 Å². The van der Waals surface area contributed by atoms with Gasteiger partial charge in [0.05, 0.1) is 0 Å². The predicted molar refractivity (Wildman–Crippen MR) is 78.0 cm³/mol. The number of fused-ring (bicyclic) bond motifs is 3. The van der Waals surface area contributed by atoms with Crippen molar-refractivity contribution in [2.75, 3.05) is 12.8 Å². The Kier molecular flexibility index (Phi) is 10.3. The standard InChI is InChI=1S/C13H13.2CH3Cl.Zr/c1-3-7-12-10(5-1)9-11-6-2-4-8-13(11)12;2*1-2;/h1,3-5,7-9,11,13H,2,6H2;2*1H3;/q-1;;;. The zero-order valence-corrected chi connectivity index (χ0v) is 14.8. The fraction of sp³-hybridized carbons (Fsp3) is 0.400. The molecule has 0 aliphatic heterocycles. The second-order valence-corrected chi connectivity index (χ2v) is 3.99. The zero-order chi connectivity index (χ0) is 12.7. The minimum atomic E-state index is 0. The van der Waals surface area contributed by atoms with Gasteiger partial charge in [0, 0.05) is 39.0 Å². The third kappa shape index (κ3) is 4.15. The molecule has 0 aromatic heterocycles. The summed E-state index contributed by atoms with van der Waals surface area (Å²) >= 11 is 9.28. The SMILES string of the molecule is C1=CC2c3ccccc3[CH-]C2CC1.CCl.CCl.[Zr]. The average Bonchev–Trinajstić information content (AvgIpc) is 2.82. The van der Waals surface area contributed by atoms with Crippen molar-refractivity contribution in [1.29, 1.82) is 0 Å². The smallest absolute Gasteiger partial charge is 0.0108 e. The van der Waals surface area contributed by atoms with Crippen molar-refractivity contribution in [1.82, 2.24) is 0 Å². The number of hydrogen-bond donors (Lipinski definition) is 0. The number of allylic oxidation sites excluding steroid dienone is 2. The number of hydrogen-bond acceptors (Lipinski definition) is 0. The van der Waals surface area contributed by atoms with Crippen LogP contribution in [0.4, 0.5) is 0 Å². The molecule has 98 valence electrons. The summed E-state index contributed by atoms with van der Waals surface area (Å²) in [6.07, 6.45) is 12.7. The summed E-state index contributed by atoms with van der Waals surface area (Å²) in [5.74, 6) is 1.47. The first-order valence-electron chi connectivity index (χ1n) is 5.81. The summed E-state index contributed by atoms with van der Waals surface area (Å²) in [6.45, 7) is 0. The van der Waals surface area contributed by atoms with Crippen LogP contribution in [0, 0.1) is 12.3 Å². The first-order valence-corrected chi connectivity index (χ1v) is 7.32. The first kappa shape index (κ1) is 18.3. The van der Waals surface area contributed by atoms with Crippen molar-refractivity contribution in [2.45, 2.75) is 18.8 Å². The third-order valence-corrected chi connectivity index (χ3v) is 3.22. The van der Waals surface area contributed by atoms with Gasteiger partial charge in [0.2, 0.25) is 0 Å². The quantitative estimate of drug-likeness (QED) is 0.346. The number of alkyl halides is 2. The van der Waals surface area contributed by atoms with Gasteiger partial charge in [-0.3, -0.25) is 0 Å². The molecule has 0 saturated heterocycles. The molecule has 0 radical (unpaired) electrons. The number of halogens is 2. The Morgan fingerprint density at radius 1 is 1.11 bits per heavy atom. The molecular weight excluding hydrogens is 342 g/mol. The van der Waals surface area contributed by atoms with E-state index in [0.717, 1.165) is 5.92 Å². The van der Waals surface area contributed by atoms with Crippen molar-refractivity contribution < 1.29 is 26.2 Å². The molecule has 0 spiro atoms. The van der Waals surface area contributed by atoms with Crippen LogP contribution < -0.4 is 0 Å². The van der Waals surface area contributed by atoms with E-state index in [1.54, 1.807) is 0 Å². The van der Waals surface area contributed by atoms with Crippen molar-refractivity contribution in [3.05, 3.63) is 54.0 Å². The molecule has 2 aliphatic carbocycles. The van der Waals surface area contributed by atoms with Gasteiger partial charge in [-0.05, 0) is 12.3 Å². The van der Waals surface area contributed by atoms with Crippen molar-refractivity contribution in [3.63, 3.8) is 0 Å². The van der Waals surface area contributed by atoms with E-state index in [-0.39, 0.29) is 26.2 Å². The number of benzene rings is 1. The van der Waals surface area contributed by atoms with Crippen molar-refractivity contribution >= 4 is 23.2 Å². The van der Waals surface area contributed by atoms with Crippen LogP contribution in [0.1, 0.15) is 29.9 Å². The molecule has 0 amide bonds. The molecule has 0 bridgehead atoms. The van der Waals surface area contributed by atoms with E-state index < -0.39 is 0 Å². The van der Waals surface area contributed by atoms with Gasteiger partial charge < -0.3 is 0 Å². The van der Waals surface area contributed by atoms with E-state index >= 15 is 0 Å². The molecule has 0 heterocycles. The molecule has 1 aromatic carbocycles. The fourth-order valence-electron chi connectivity index (χ4n) is 2.57. The maximum atomic E-state index is 4.64. The minimum Gasteiger partial charge on any atom is -0.188 e. The molecule has 2 unspecified atom stereocenters. The zero-order valence-electron chi connectivity index (χ0n) is 10.9. The summed E-state index contributed by atoms with van der Waals surface area (Å²) < 4.78 is 0. The van der Waals surface area contributed by atoms with E-state index in [2.05, 4.69) is 66.0 Å². The van der Waals surface area contributed by atoms with Crippen LogP contribution in [-0.4, -0.2) is 12.8 Å².